The monoisotopic (exact) mass is 259 g/mol. The van der Waals surface area contributed by atoms with Gasteiger partial charge in [0, 0.05) is 25.8 Å². The molecule has 0 aliphatic carbocycles. The second kappa shape index (κ2) is 7.10. The minimum Gasteiger partial charge on any atom is -0.377 e. The predicted octanol–water partition coefficient (Wildman–Crippen LogP) is 2.73. The van der Waals surface area contributed by atoms with Crippen molar-refractivity contribution in [3.8, 4) is 0 Å². The van der Waals surface area contributed by atoms with E-state index in [4.69, 9.17) is 4.74 Å². The van der Waals surface area contributed by atoms with Crippen LogP contribution in [0.1, 0.15) is 25.3 Å². The third-order valence-electron chi connectivity index (χ3n) is 3.31. The maximum absolute atomic E-state index is 12.1. The quantitative estimate of drug-likeness (QED) is 0.778. The van der Waals surface area contributed by atoms with E-state index in [-0.39, 0.29) is 12.0 Å². The summed E-state index contributed by atoms with van der Waals surface area (Å²) in [6.45, 7) is 4.26. The summed E-state index contributed by atoms with van der Waals surface area (Å²) in [5.74, 6) is 0.0771. The van der Waals surface area contributed by atoms with E-state index in [1.54, 1.807) is 6.08 Å². The van der Waals surface area contributed by atoms with Crippen LogP contribution in [0.15, 0.2) is 36.4 Å². The second-order valence-electron chi connectivity index (χ2n) is 4.75. The smallest absolute Gasteiger partial charge is 0.246 e. The number of carbonyl (C=O) groups excluding carboxylic acids is 1. The van der Waals surface area contributed by atoms with Gasteiger partial charge in [0.2, 0.25) is 5.91 Å². The third kappa shape index (κ3) is 4.21. The highest BCUT2D eigenvalue weighted by Gasteiger charge is 2.22. The molecule has 1 unspecified atom stereocenters. The average Bonchev–Trinajstić information content (AvgIpc) is 2.46. The number of amides is 1. The first-order valence-electron chi connectivity index (χ1n) is 6.93. The number of piperidine rings is 1. The number of hydrogen-bond donors (Lipinski definition) is 0. The van der Waals surface area contributed by atoms with Gasteiger partial charge in [-0.2, -0.15) is 0 Å². The molecule has 0 saturated carbocycles. The van der Waals surface area contributed by atoms with Crippen LogP contribution >= 0.6 is 0 Å². The van der Waals surface area contributed by atoms with Crippen molar-refractivity contribution >= 4 is 12.0 Å². The summed E-state index contributed by atoms with van der Waals surface area (Å²) in [4.78, 5) is 14.0. The lowest BCUT2D eigenvalue weighted by atomic mass is 10.1. The van der Waals surface area contributed by atoms with Gasteiger partial charge in [-0.05, 0) is 31.4 Å². The van der Waals surface area contributed by atoms with Gasteiger partial charge < -0.3 is 9.64 Å². The van der Waals surface area contributed by atoms with Crippen molar-refractivity contribution < 1.29 is 9.53 Å². The lowest BCUT2D eigenvalue weighted by molar-refractivity contribution is -0.129. The number of rotatable bonds is 4. The molecule has 3 heteroatoms. The van der Waals surface area contributed by atoms with Gasteiger partial charge in [-0.15, -0.1) is 0 Å². The third-order valence-corrected chi connectivity index (χ3v) is 3.31. The fourth-order valence-corrected chi connectivity index (χ4v) is 2.35. The molecule has 1 aliphatic rings. The molecule has 1 atom stereocenters. The molecule has 1 aromatic carbocycles. The first-order valence-corrected chi connectivity index (χ1v) is 6.93. The number of benzene rings is 1. The first-order chi connectivity index (χ1) is 9.29. The highest BCUT2D eigenvalue weighted by atomic mass is 16.5. The molecule has 0 bridgehead atoms. The summed E-state index contributed by atoms with van der Waals surface area (Å²) in [5, 5.41) is 0. The van der Waals surface area contributed by atoms with E-state index < -0.39 is 0 Å². The molecular formula is C16H21NO2. The summed E-state index contributed by atoms with van der Waals surface area (Å²) < 4.78 is 5.61. The maximum Gasteiger partial charge on any atom is 0.246 e. The van der Waals surface area contributed by atoms with E-state index in [1.807, 2.05) is 48.2 Å². The van der Waals surface area contributed by atoms with Crippen LogP contribution in [-0.4, -0.2) is 36.6 Å². The minimum atomic E-state index is 0.0771. The maximum atomic E-state index is 12.1. The summed E-state index contributed by atoms with van der Waals surface area (Å²) in [7, 11) is 0. The Hall–Kier alpha value is -1.61. The number of carbonyl (C=O) groups is 1. The molecule has 1 aliphatic heterocycles. The van der Waals surface area contributed by atoms with Gasteiger partial charge in [-0.1, -0.05) is 30.3 Å². The van der Waals surface area contributed by atoms with Crippen molar-refractivity contribution in [1.29, 1.82) is 0 Å². The fourth-order valence-electron chi connectivity index (χ4n) is 2.35. The van der Waals surface area contributed by atoms with Crippen molar-refractivity contribution in [2.24, 2.45) is 0 Å². The minimum absolute atomic E-state index is 0.0771. The number of ether oxygens (including phenoxy) is 1. The molecule has 0 aromatic heterocycles. The van der Waals surface area contributed by atoms with Crippen LogP contribution in [0.3, 0.4) is 0 Å². The van der Waals surface area contributed by atoms with Crippen molar-refractivity contribution in [3.63, 3.8) is 0 Å². The van der Waals surface area contributed by atoms with Crippen LogP contribution in [0.25, 0.3) is 6.08 Å². The van der Waals surface area contributed by atoms with Gasteiger partial charge in [-0.25, -0.2) is 0 Å². The molecule has 102 valence electrons. The SMILES string of the molecule is CCOC1CCCN(C(=O)/C=C/c2ccccc2)C1. The Morgan fingerprint density at radius 3 is 2.95 bits per heavy atom. The van der Waals surface area contributed by atoms with E-state index in [1.165, 1.54) is 0 Å². The number of hydrogen-bond acceptors (Lipinski definition) is 2. The van der Waals surface area contributed by atoms with Crippen LogP contribution in [-0.2, 0) is 9.53 Å². The molecule has 1 aromatic rings. The number of nitrogens with zero attached hydrogens (tertiary/aromatic N) is 1. The van der Waals surface area contributed by atoms with Crippen molar-refractivity contribution in [2.45, 2.75) is 25.9 Å². The first kappa shape index (κ1) is 13.8. The summed E-state index contributed by atoms with van der Waals surface area (Å²) >= 11 is 0. The normalized spacial score (nSPS) is 19.8. The van der Waals surface area contributed by atoms with Crippen LogP contribution < -0.4 is 0 Å². The van der Waals surface area contributed by atoms with Crippen LogP contribution in [0.2, 0.25) is 0 Å². The second-order valence-corrected chi connectivity index (χ2v) is 4.75. The highest BCUT2D eigenvalue weighted by Crippen LogP contribution is 2.14. The Morgan fingerprint density at radius 2 is 2.21 bits per heavy atom. The van der Waals surface area contributed by atoms with Crippen molar-refractivity contribution in [1.82, 2.24) is 4.90 Å². The lowest BCUT2D eigenvalue weighted by Crippen LogP contribution is -2.42. The predicted molar refractivity (Wildman–Crippen MR) is 76.7 cm³/mol. The van der Waals surface area contributed by atoms with E-state index in [0.717, 1.165) is 24.9 Å². The molecule has 0 spiro atoms. The molecular weight excluding hydrogens is 238 g/mol. The zero-order valence-corrected chi connectivity index (χ0v) is 11.4. The molecule has 1 saturated heterocycles. The van der Waals surface area contributed by atoms with Gasteiger partial charge in [0.15, 0.2) is 0 Å². The Bertz CT molecular complexity index is 426. The van der Waals surface area contributed by atoms with E-state index >= 15 is 0 Å². The Kier molecular flexibility index (Phi) is 5.16. The van der Waals surface area contributed by atoms with Gasteiger partial charge >= 0.3 is 0 Å². The number of likely N-dealkylation sites (tertiary alicyclic amines) is 1. The van der Waals surface area contributed by atoms with Crippen molar-refractivity contribution in [3.05, 3.63) is 42.0 Å². The molecule has 2 rings (SSSR count). The molecule has 0 N–H and O–H groups in total. The fraction of sp³-hybridized carbons (Fsp3) is 0.438. The summed E-state index contributed by atoms with van der Waals surface area (Å²) in [5.41, 5.74) is 1.05. The van der Waals surface area contributed by atoms with Gasteiger partial charge in [0.25, 0.3) is 0 Å². The van der Waals surface area contributed by atoms with Gasteiger partial charge in [-0.3, -0.25) is 4.79 Å². The molecule has 1 amide bonds. The molecule has 0 radical (unpaired) electrons. The highest BCUT2D eigenvalue weighted by molar-refractivity contribution is 5.91. The average molecular weight is 259 g/mol. The van der Waals surface area contributed by atoms with E-state index in [2.05, 4.69) is 0 Å². The van der Waals surface area contributed by atoms with Gasteiger partial charge in [0.1, 0.15) is 0 Å². The van der Waals surface area contributed by atoms with Gasteiger partial charge in [0.05, 0.1) is 6.10 Å². The Labute approximate surface area is 114 Å². The Morgan fingerprint density at radius 1 is 1.42 bits per heavy atom. The summed E-state index contributed by atoms with van der Waals surface area (Å²) in [6, 6.07) is 9.88. The molecule has 3 nitrogen and oxygen atoms in total. The summed E-state index contributed by atoms with van der Waals surface area (Å²) in [6.07, 6.45) is 5.80. The molecule has 1 heterocycles. The lowest BCUT2D eigenvalue weighted by Gasteiger charge is -2.31. The van der Waals surface area contributed by atoms with Crippen LogP contribution in [0.5, 0.6) is 0 Å². The van der Waals surface area contributed by atoms with Crippen molar-refractivity contribution in [2.75, 3.05) is 19.7 Å². The Balaban J connectivity index is 1.90. The largest absolute Gasteiger partial charge is 0.377 e. The van der Waals surface area contributed by atoms with E-state index in [9.17, 15) is 4.79 Å². The standard InChI is InChI=1S/C16H21NO2/c1-2-19-15-9-6-12-17(13-15)16(18)11-10-14-7-4-3-5-8-14/h3-5,7-8,10-11,15H,2,6,9,12-13H2,1H3/b11-10+. The zero-order valence-electron chi connectivity index (χ0n) is 11.4. The zero-order chi connectivity index (χ0) is 13.5. The van der Waals surface area contributed by atoms with E-state index in [0.29, 0.717) is 13.2 Å². The topological polar surface area (TPSA) is 29.5 Å². The van der Waals surface area contributed by atoms with Crippen LogP contribution in [0, 0.1) is 0 Å². The molecule has 1 fully saturated rings. The molecule has 19 heavy (non-hydrogen) atoms. The van der Waals surface area contributed by atoms with Crippen LogP contribution in [0.4, 0.5) is 0 Å².